The molecule has 0 N–H and O–H groups in total. The van der Waals surface area contributed by atoms with Crippen LogP contribution in [0, 0.1) is 0 Å². The Morgan fingerprint density at radius 3 is 2.45 bits per heavy atom. The van der Waals surface area contributed by atoms with Gasteiger partial charge < -0.3 is 4.74 Å². The SMILES string of the molecule is CCC(=O)CC1(OC)CCC1. The zero-order valence-corrected chi connectivity index (χ0v) is 7.35. The first-order chi connectivity index (χ1) is 5.22. The van der Waals surface area contributed by atoms with Crippen molar-refractivity contribution in [3.63, 3.8) is 0 Å². The highest BCUT2D eigenvalue weighted by atomic mass is 16.5. The topological polar surface area (TPSA) is 26.3 Å². The van der Waals surface area contributed by atoms with Crippen LogP contribution in [0.5, 0.6) is 0 Å². The van der Waals surface area contributed by atoms with Crippen molar-refractivity contribution < 1.29 is 9.53 Å². The first kappa shape index (κ1) is 8.72. The summed E-state index contributed by atoms with van der Waals surface area (Å²) >= 11 is 0. The Hall–Kier alpha value is -0.370. The fourth-order valence-electron chi connectivity index (χ4n) is 1.51. The summed E-state index contributed by atoms with van der Waals surface area (Å²) in [6.45, 7) is 1.91. The second-order valence-electron chi connectivity index (χ2n) is 3.31. The summed E-state index contributed by atoms with van der Waals surface area (Å²) in [5.74, 6) is 0.326. The molecule has 1 aliphatic carbocycles. The number of rotatable bonds is 4. The second-order valence-corrected chi connectivity index (χ2v) is 3.31. The monoisotopic (exact) mass is 156 g/mol. The van der Waals surface area contributed by atoms with Crippen molar-refractivity contribution in [2.75, 3.05) is 7.11 Å². The molecule has 1 saturated carbocycles. The first-order valence-corrected chi connectivity index (χ1v) is 4.29. The fourth-order valence-corrected chi connectivity index (χ4v) is 1.51. The molecule has 0 aromatic heterocycles. The van der Waals surface area contributed by atoms with Gasteiger partial charge in [-0.15, -0.1) is 0 Å². The molecule has 0 unspecified atom stereocenters. The summed E-state index contributed by atoms with van der Waals surface area (Å²) in [5.41, 5.74) is -0.0624. The van der Waals surface area contributed by atoms with Crippen molar-refractivity contribution in [3.05, 3.63) is 0 Å². The largest absolute Gasteiger partial charge is 0.378 e. The van der Waals surface area contributed by atoms with Crippen LogP contribution in [-0.2, 0) is 9.53 Å². The molecule has 64 valence electrons. The normalized spacial score (nSPS) is 20.9. The molecule has 0 saturated heterocycles. The number of methoxy groups -OCH3 is 1. The summed E-state index contributed by atoms with van der Waals surface area (Å²) in [7, 11) is 1.71. The number of ether oxygens (including phenoxy) is 1. The van der Waals surface area contributed by atoms with Crippen LogP contribution in [-0.4, -0.2) is 18.5 Å². The van der Waals surface area contributed by atoms with Gasteiger partial charge in [0.1, 0.15) is 5.78 Å². The number of ketones is 1. The van der Waals surface area contributed by atoms with Crippen molar-refractivity contribution in [1.82, 2.24) is 0 Å². The molecule has 1 aliphatic rings. The number of hydrogen-bond donors (Lipinski definition) is 0. The molecule has 0 aliphatic heterocycles. The number of carbonyl (C=O) groups is 1. The smallest absolute Gasteiger partial charge is 0.135 e. The van der Waals surface area contributed by atoms with E-state index in [0.717, 1.165) is 12.8 Å². The first-order valence-electron chi connectivity index (χ1n) is 4.29. The molecule has 0 aromatic carbocycles. The fraction of sp³-hybridized carbons (Fsp3) is 0.889. The second kappa shape index (κ2) is 3.35. The maximum absolute atomic E-state index is 11.1. The summed E-state index contributed by atoms with van der Waals surface area (Å²) in [6, 6.07) is 0. The molecule has 2 nitrogen and oxygen atoms in total. The molecule has 1 rings (SSSR count). The van der Waals surface area contributed by atoms with Crippen molar-refractivity contribution in [2.45, 2.75) is 44.6 Å². The number of Topliss-reactive ketones (excluding diaryl/α,β-unsaturated/α-hetero) is 1. The average Bonchev–Trinajstić information content (AvgIpc) is 1.96. The standard InChI is InChI=1S/C9H16O2/c1-3-8(10)7-9(11-2)5-4-6-9/h3-7H2,1-2H3. The predicted molar refractivity (Wildman–Crippen MR) is 43.5 cm³/mol. The third-order valence-electron chi connectivity index (χ3n) is 2.61. The zero-order chi connectivity index (χ0) is 8.32. The van der Waals surface area contributed by atoms with E-state index in [-0.39, 0.29) is 5.60 Å². The lowest BCUT2D eigenvalue weighted by Gasteiger charge is -2.39. The van der Waals surface area contributed by atoms with Crippen molar-refractivity contribution in [2.24, 2.45) is 0 Å². The summed E-state index contributed by atoms with van der Waals surface area (Å²) < 4.78 is 5.33. The summed E-state index contributed by atoms with van der Waals surface area (Å²) in [5, 5.41) is 0. The van der Waals surface area contributed by atoms with Gasteiger partial charge in [-0.1, -0.05) is 6.92 Å². The van der Waals surface area contributed by atoms with Crippen molar-refractivity contribution in [3.8, 4) is 0 Å². The molecule has 0 radical (unpaired) electrons. The van der Waals surface area contributed by atoms with E-state index in [4.69, 9.17) is 4.74 Å². The minimum atomic E-state index is -0.0624. The summed E-state index contributed by atoms with van der Waals surface area (Å²) in [4.78, 5) is 11.1. The minimum absolute atomic E-state index is 0.0624. The van der Waals surface area contributed by atoms with Crippen LogP contribution >= 0.6 is 0 Å². The summed E-state index contributed by atoms with van der Waals surface area (Å²) in [6.07, 6.45) is 4.61. The maximum atomic E-state index is 11.1. The van der Waals surface area contributed by atoms with Crippen LogP contribution in [0.4, 0.5) is 0 Å². The van der Waals surface area contributed by atoms with E-state index in [2.05, 4.69) is 0 Å². The minimum Gasteiger partial charge on any atom is -0.378 e. The van der Waals surface area contributed by atoms with E-state index in [9.17, 15) is 4.79 Å². The van der Waals surface area contributed by atoms with Crippen LogP contribution in [0.15, 0.2) is 0 Å². The molecule has 1 fully saturated rings. The van der Waals surface area contributed by atoms with Gasteiger partial charge in [0.15, 0.2) is 0 Å². The lowest BCUT2D eigenvalue weighted by Crippen LogP contribution is -2.41. The van der Waals surface area contributed by atoms with E-state index < -0.39 is 0 Å². The van der Waals surface area contributed by atoms with E-state index in [1.54, 1.807) is 7.11 Å². The highest BCUT2D eigenvalue weighted by Gasteiger charge is 2.38. The predicted octanol–water partition coefficient (Wildman–Crippen LogP) is 1.92. The Bertz CT molecular complexity index is 142. The van der Waals surface area contributed by atoms with Gasteiger partial charge >= 0.3 is 0 Å². The quantitative estimate of drug-likeness (QED) is 0.621. The van der Waals surface area contributed by atoms with Gasteiger partial charge in [0, 0.05) is 20.0 Å². The van der Waals surface area contributed by atoms with E-state index in [0.29, 0.717) is 18.6 Å². The third kappa shape index (κ3) is 1.80. The van der Waals surface area contributed by atoms with Crippen molar-refractivity contribution >= 4 is 5.78 Å². The molecule has 0 amide bonds. The zero-order valence-electron chi connectivity index (χ0n) is 7.35. The van der Waals surface area contributed by atoms with E-state index in [1.165, 1.54) is 6.42 Å². The van der Waals surface area contributed by atoms with Gasteiger partial charge in [-0.05, 0) is 19.3 Å². The molecule has 2 heteroatoms. The van der Waals surface area contributed by atoms with Gasteiger partial charge in [-0.25, -0.2) is 0 Å². The van der Waals surface area contributed by atoms with E-state index >= 15 is 0 Å². The molecular formula is C9H16O2. The molecule has 0 heterocycles. The molecular weight excluding hydrogens is 140 g/mol. The molecule has 0 atom stereocenters. The van der Waals surface area contributed by atoms with Crippen molar-refractivity contribution in [1.29, 1.82) is 0 Å². The van der Waals surface area contributed by atoms with Crippen LogP contribution in [0.2, 0.25) is 0 Å². The van der Waals surface area contributed by atoms with Crippen LogP contribution in [0.3, 0.4) is 0 Å². The number of hydrogen-bond acceptors (Lipinski definition) is 2. The van der Waals surface area contributed by atoms with Crippen LogP contribution < -0.4 is 0 Å². The average molecular weight is 156 g/mol. The molecule has 0 aromatic rings. The number of carbonyl (C=O) groups excluding carboxylic acids is 1. The molecule has 11 heavy (non-hydrogen) atoms. The van der Waals surface area contributed by atoms with Gasteiger partial charge in [0.25, 0.3) is 0 Å². The Balaban J connectivity index is 2.38. The molecule has 0 spiro atoms. The van der Waals surface area contributed by atoms with Crippen LogP contribution in [0.25, 0.3) is 0 Å². The Labute approximate surface area is 67.9 Å². The maximum Gasteiger partial charge on any atom is 0.135 e. The Kier molecular flexibility index (Phi) is 2.66. The van der Waals surface area contributed by atoms with Gasteiger partial charge in [-0.2, -0.15) is 0 Å². The van der Waals surface area contributed by atoms with Gasteiger partial charge in [0.05, 0.1) is 5.60 Å². The highest BCUT2D eigenvalue weighted by Crippen LogP contribution is 2.38. The Morgan fingerprint density at radius 2 is 2.18 bits per heavy atom. The van der Waals surface area contributed by atoms with Gasteiger partial charge in [0.2, 0.25) is 0 Å². The van der Waals surface area contributed by atoms with Crippen LogP contribution in [0.1, 0.15) is 39.0 Å². The van der Waals surface area contributed by atoms with Gasteiger partial charge in [-0.3, -0.25) is 4.79 Å². The third-order valence-corrected chi connectivity index (χ3v) is 2.61. The highest BCUT2D eigenvalue weighted by molar-refractivity contribution is 5.79. The molecule has 0 bridgehead atoms. The Morgan fingerprint density at radius 1 is 1.55 bits per heavy atom. The van der Waals surface area contributed by atoms with E-state index in [1.807, 2.05) is 6.92 Å². The lowest BCUT2D eigenvalue weighted by molar-refractivity contribution is -0.131. The lowest BCUT2D eigenvalue weighted by atomic mass is 9.76.